The van der Waals surface area contributed by atoms with Crippen molar-refractivity contribution in [3.8, 4) is 11.5 Å². The molecule has 4 rings (SSSR count). The van der Waals surface area contributed by atoms with Crippen LogP contribution in [0.5, 0.6) is 11.5 Å². The fourth-order valence-corrected chi connectivity index (χ4v) is 3.86. The summed E-state index contributed by atoms with van der Waals surface area (Å²) in [5.41, 5.74) is 8.92. The number of benzene rings is 2. The van der Waals surface area contributed by atoms with Gasteiger partial charge in [0.15, 0.2) is 11.5 Å². The van der Waals surface area contributed by atoms with E-state index in [2.05, 4.69) is 51.2 Å². The molecule has 0 amide bonds. The van der Waals surface area contributed by atoms with E-state index in [-0.39, 0.29) is 18.4 Å². The van der Waals surface area contributed by atoms with E-state index in [0.29, 0.717) is 12.7 Å². The Morgan fingerprint density at radius 1 is 1.08 bits per heavy atom. The summed E-state index contributed by atoms with van der Waals surface area (Å²) in [5, 5.41) is 0. The van der Waals surface area contributed by atoms with Crippen LogP contribution in [0.4, 0.5) is 0 Å². The van der Waals surface area contributed by atoms with E-state index < -0.39 is 0 Å². The summed E-state index contributed by atoms with van der Waals surface area (Å²) >= 11 is 3.64. The Morgan fingerprint density at radius 2 is 1.79 bits per heavy atom. The lowest BCUT2D eigenvalue weighted by atomic mass is 9.95. The van der Waals surface area contributed by atoms with Crippen molar-refractivity contribution >= 4 is 28.3 Å². The molecule has 0 saturated carbocycles. The zero-order chi connectivity index (χ0) is 15.8. The van der Waals surface area contributed by atoms with Gasteiger partial charge in [0.1, 0.15) is 0 Å². The molecule has 4 nitrogen and oxygen atoms in total. The smallest absolute Gasteiger partial charge is 0.231 e. The van der Waals surface area contributed by atoms with Crippen molar-refractivity contribution in [1.29, 1.82) is 0 Å². The number of hydrogen-bond acceptors (Lipinski definition) is 4. The van der Waals surface area contributed by atoms with Crippen LogP contribution < -0.4 is 15.2 Å². The van der Waals surface area contributed by atoms with E-state index in [1.165, 1.54) is 11.1 Å². The minimum absolute atomic E-state index is 0. The molecule has 0 bridgehead atoms. The number of rotatable bonds is 3. The Hall–Kier alpha value is -1.27. The molecule has 24 heavy (non-hydrogen) atoms. The molecule has 1 fully saturated rings. The van der Waals surface area contributed by atoms with Gasteiger partial charge in [-0.05, 0) is 23.3 Å². The van der Waals surface area contributed by atoms with Crippen LogP contribution in [0.25, 0.3) is 0 Å². The van der Waals surface area contributed by atoms with Gasteiger partial charge in [-0.15, -0.1) is 12.4 Å². The van der Waals surface area contributed by atoms with Gasteiger partial charge in [-0.2, -0.15) is 0 Å². The number of hydrogen-bond donors (Lipinski definition) is 1. The maximum absolute atomic E-state index is 6.39. The molecular weight excluding hydrogens is 392 g/mol. The normalized spacial score (nSPS) is 22.4. The quantitative estimate of drug-likeness (QED) is 0.839. The summed E-state index contributed by atoms with van der Waals surface area (Å²) in [5.74, 6) is 2.02. The van der Waals surface area contributed by atoms with Gasteiger partial charge >= 0.3 is 0 Å². The van der Waals surface area contributed by atoms with Gasteiger partial charge in [0.05, 0.1) is 0 Å². The second kappa shape index (κ2) is 7.31. The number of nitrogens with two attached hydrogens (primary N) is 1. The van der Waals surface area contributed by atoms with Crippen LogP contribution in [0.3, 0.4) is 0 Å². The molecule has 1 saturated heterocycles. The maximum Gasteiger partial charge on any atom is 0.231 e. The SMILES string of the molecule is Cl.N[C@@H]1CN(Cc2cc3c(cc2Br)OCO3)C[C@H]1c1ccccc1. The molecule has 2 aliphatic heterocycles. The number of halogens is 2. The van der Waals surface area contributed by atoms with E-state index in [9.17, 15) is 0 Å². The van der Waals surface area contributed by atoms with Crippen LogP contribution >= 0.6 is 28.3 Å². The molecule has 0 aliphatic carbocycles. The van der Waals surface area contributed by atoms with Crippen LogP contribution in [0.15, 0.2) is 46.9 Å². The highest BCUT2D eigenvalue weighted by atomic mass is 79.9. The van der Waals surface area contributed by atoms with Crippen LogP contribution in [0, 0.1) is 0 Å². The summed E-state index contributed by atoms with van der Waals surface area (Å²) in [6, 6.07) is 14.8. The number of likely N-dealkylation sites (tertiary alicyclic amines) is 1. The van der Waals surface area contributed by atoms with Gasteiger partial charge in [-0.3, -0.25) is 4.90 Å². The lowest BCUT2D eigenvalue weighted by molar-refractivity contribution is 0.174. The minimum atomic E-state index is 0. The standard InChI is InChI=1S/C18H19BrN2O2.ClH/c19-15-7-18-17(22-11-23-18)6-13(15)8-21-9-14(16(20)10-21)12-4-2-1-3-5-12;/h1-7,14,16H,8-11,20H2;1H/t14-,16+;/m0./s1. The average molecular weight is 412 g/mol. The molecule has 0 radical (unpaired) electrons. The van der Waals surface area contributed by atoms with Gasteiger partial charge in [0, 0.05) is 36.1 Å². The molecule has 2 aromatic rings. The molecule has 2 atom stereocenters. The van der Waals surface area contributed by atoms with Gasteiger partial charge in [0.25, 0.3) is 0 Å². The lowest BCUT2D eigenvalue weighted by Crippen LogP contribution is -2.28. The van der Waals surface area contributed by atoms with Gasteiger partial charge in [0.2, 0.25) is 6.79 Å². The Bertz CT molecular complexity index is 714. The molecule has 0 aromatic heterocycles. The summed E-state index contributed by atoms with van der Waals surface area (Å²) in [7, 11) is 0. The fraction of sp³-hybridized carbons (Fsp3) is 0.333. The largest absolute Gasteiger partial charge is 0.454 e. The van der Waals surface area contributed by atoms with Crippen molar-refractivity contribution in [2.24, 2.45) is 5.73 Å². The van der Waals surface area contributed by atoms with Crippen molar-refractivity contribution in [2.45, 2.75) is 18.5 Å². The first-order valence-corrected chi connectivity index (χ1v) is 8.61. The molecular formula is C18H20BrClN2O2. The maximum atomic E-state index is 6.39. The Kier molecular flexibility index (Phi) is 5.35. The summed E-state index contributed by atoms with van der Waals surface area (Å²) in [4.78, 5) is 2.41. The number of nitrogens with zero attached hydrogens (tertiary/aromatic N) is 1. The average Bonchev–Trinajstić information content (AvgIpc) is 3.15. The van der Waals surface area contributed by atoms with Crippen molar-refractivity contribution < 1.29 is 9.47 Å². The Morgan fingerprint density at radius 3 is 2.54 bits per heavy atom. The van der Waals surface area contributed by atoms with Crippen LogP contribution in [0.1, 0.15) is 17.0 Å². The molecule has 0 spiro atoms. The monoisotopic (exact) mass is 410 g/mol. The van der Waals surface area contributed by atoms with E-state index in [0.717, 1.165) is 35.6 Å². The molecule has 0 unspecified atom stereocenters. The molecule has 6 heteroatoms. The second-order valence-electron chi connectivity index (χ2n) is 6.17. The van der Waals surface area contributed by atoms with Crippen molar-refractivity contribution in [3.05, 3.63) is 58.1 Å². The summed E-state index contributed by atoms with van der Waals surface area (Å²) in [6.07, 6.45) is 0. The third kappa shape index (κ3) is 3.40. The summed E-state index contributed by atoms with van der Waals surface area (Å²) in [6.45, 7) is 3.04. The van der Waals surface area contributed by atoms with Crippen LogP contribution in [-0.2, 0) is 6.54 Å². The molecule has 2 aromatic carbocycles. The number of ether oxygens (including phenoxy) is 2. The first-order valence-electron chi connectivity index (χ1n) is 7.81. The van der Waals surface area contributed by atoms with Gasteiger partial charge in [-0.1, -0.05) is 46.3 Å². The first kappa shape index (κ1) is 17.5. The minimum Gasteiger partial charge on any atom is -0.454 e. The van der Waals surface area contributed by atoms with E-state index in [1.54, 1.807) is 0 Å². The predicted octanol–water partition coefficient (Wildman–Crippen LogP) is 3.53. The number of fused-ring (bicyclic) bond motifs is 1. The third-order valence-corrected chi connectivity index (χ3v) is 5.34. The van der Waals surface area contributed by atoms with Crippen LogP contribution in [0.2, 0.25) is 0 Å². The molecule has 2 aliphatic rings. The topological polar surface area (TPSA) is 47.7 Å². The fourth-order valence-electron chi connectivity index (χ4n) is 3.42. The Labute approximate surface area is 156 Å². The first-order chi connectivity index (χ1) is 11.2. The Balaban J connectivity index is 0.00000169. The zero-order valence-corrected chi connectivity index (χ0v) is 15.6. The molecule has 2 N–H and O–H groups in total. The van der Waals surface area contributed by atoms with E-state index in [1.807, 2.05) is 12.1 Å². The zero-order valence-electron chi connectivity index (χ0n) is 13.2. The predicted molar refractivity (Wildman–Crippen MR) is 99.9 cm³/mol. The van der Waals surface area contributed by atoms with Gasteiger partial charge in [-0.25, -0.2) is 0 Å². The highest BCUT2D eigenvalue weighted by molar-refractivity contribution is 9.10. The lowest BCUT2D eigenvalue weighted by Gasteiger charge is -2.17. The van der Waals surface area contributed by atoms with Crippen molar-refractivity contribution in [3.63, 3.8) is 0 Å². The van der Waals surface area contributed by atoms with E-state index in [4.69, 9.17) is 15.2 Å². The molecule has 128 valence electrons. The van der Waals surface area contributed by atoms with Gasteiger partial charge < -0.3 is 15.2 Å². The third-order valence-electron chi connectivity index (χ3n) is 4.60. The highest BCUT2D eigenvalue weighted by Gasteiger charge is 2.31. The summed E-state index contributed by atoms with van der Waals surface area (Å²) < 4.78 is 11.9. The van der Waals surface area contributed by atoms with Crippen molar-refractivity contribution in [2.75, 3.05) is 19.9 Å². The van der Waals surface area contributed by atoms with E-state index >= 15 is 0 Å². The van der Waals surface area contributed by atoms with Crippen LogP contribution in [-0.4, -0.2) is 30.8 Å². The second-order valence-corrected chi connectivity index (χ2v) is 7.03. The molecule has 2 heterocycles. The van der Waals surface area contributed by atoms with Crippen molar-refractivity contribution in [1.82, 2.24) is 4.90 Å². The highest BCUT2D eigenvalue weighted by Crippen LogP contribution is 2.38.